The quantitative estimate of drug-likeness (QED) is 0.619. The van der Waals surface area contributed by atoms with E-state index in [2.05, 4.69) is 5.32 Å². The first-order valence-electron chi connectivity index (χ1n) is 6.35. The summed E-state index contributed by atoms with van der Waals surface area (Å²) in [5.41, 5.74) is 5.63. The van der Waals surface area contributed by atoms with E-state index in [0.717, 1.165) is 25.0 Å². The third-order valence-corrected chi connectivity index (χ3v) is 3.67. The number of hydrogen-bond donors (Lipinski definition) is 2. The van der Waals surface area contributed by atoms with Crippen LogP contribution in [0, 0.1) is 0 Å². The predicted molar refractivity (Wildman–Crippen MR) is 74.4 cm³/mol. The van der Waals surface area contributed by atoms with Gasteiger partial charge in [-0.1, -0.05) is 0 Å². The van der Waals surface area contributed by atoms with Gasteiger partial charge >= 0.3 is 0 Å². The zero-order valence-electron chi connectivity index (χ0n) is 11.1. The van der Waals surface area contributed by atoms with Crippen LogP contribution < -0.4 is 11.1 Å². The summed E-state index contributed by atoms with van der Waals surface area (Å²) in [6.07, 6.45) is 3.04. The topological polar surface area (TPSA) is 75.4 Å². The summed E-state index contributed by atoms with van der Waals surface area (Å²) in [5.74, 6) is 1.23. The first-order valence-corrected chi connectivity index (χ1v) is 7.51. The summed E-state index contributed by atoms with van der Waals surface area (Å²) < 4.78 is 0. The zero-order valence-corrected chi connectivity index (χ0v) is 12.0. The van der Waals surface area contributed by atoms with Gasteiger partial charge in [0.05, 0.1) is 12.3 Å². The average Bonchev–Trinajstić information content (AvgIpc) is 3.07. The van der Waals surface area contributed by atoms with Crippen LogP contribution in [-0.4, -0.2) is 53.9 Å². The van der Waals surface area contributed by atoms with Crippen LogP contribution in [0.15, 0.2) is 0 Å². The molecule has 1 unspecified atom stereocenters. The Morgan fingerprint density at radius 2 is 2.17 bits per heavy atom. The second-order valence-corrected chi connectivity index (χ2v) is 6.02. The van der Waals surface area contributed by atoms with Crippen LogP contribution in [0.4, 0.5) is 0 Å². The van der Waals surface area contributed by atoms with E-state index in [-0.39, 0.29) is 24.4 Å². The lowest BCUT2D eigenvalue weighted by molar-refractivity contribution is -0.132. The molecule has 0 aromatic heterocycles. The number of hydrogen-bond acceptors (Lipinski definition) is 4. The van der Waals surface area contributed by atoms with Gasteiger partial charge in [-0.25, -0.2) is 0 Å². The highest BCUT2D eigenvalue weighted by Crippen LogP contribution is 2.18. The van der Waals surface area contributed by atoms with Crippen LogP contribution in [0.5, 0.6) is 0 Å². The van der Waals surface area contributed by atoms with Gasteiger partial charge in [-0.15, -0.1) is 0 Å². The molecular formula is C12H23N3O2S. The summed E-state index contributed by atoms with van der Waals surface area (Å²) >= 11 is 1.57. The first kappa shape index (κ1) is 15.3. The van der Waals surface area contributed by atoms with Gasteiger partial charge < -0.3 is 16.0 Å². The monoisotopic (exact) mass is 273 g/mol. The Bertz CT molecular complexity index is 293. The third-order valence-electron chi connectivity index (χ3n) is 2.69. The van der Waals surface area contributed by atoms with Crippen LogP contribution in [0.1, 0.15) is 26.2 Å². The number of thioether (sulfide) groups is 1. The number of rotatable bonds is 8. The van der Waals surface area contributed by atoms with Gasteiger partial charge in [0, 0.05) is 19.1 Å². The molecule has 0 bridgehead atoms. The van der Waals surface area contributed by atoms with Crippen LogP contribution in [0.3, 0.4) is 0 Å². The van der Waals surface area contributed by atoms with Crippen LogP contribution in [-0.2, 0) is 9.59 Å². The zero-order chi connectivity index (χ0) is 13.5. The summed E-state index contributed by atoms with van der Waals surface area (Å²) in [5, 5.41) is 2.87. The van der Waals surface area contributed by atoms with E-state index in [1.165, 1.54) is 4.90 Å². The van der Waals surface area contributed by atoms with Gasteiger partial charge in [0.1, 0.15) is 0 Å². The first-order chi connectivity index (χ1) is 8.49. The molecular weight excluding hydrogens is 250 g/mol. The fraction of sp³-hybridized carbons (Fsp3) is 0.833. The van der Waals surface area contributed by atoms with Crippen molar-refractivity contribution >= 4 is 23.6 Å². The fourth-order valence-corrected chi connectivity index (χ4v) is 2.42. The molecule has 0 aromatic carbocycles. The Morgan fingerprint density at radius 3 is 2.72 bits per heavy atom. The van der Waals surface area contributed by atoms with Gasteiger partial charge in [0.2, 0.25) is 11.8 Å². The maximum absolute atomic E-state index is 11.7. The molecule has 0 aliphatic heterocycles. The van der Waals surface area contributed by atoms with Crippen molar-refractivity contribution in [3.63, 3.8) is 0 Å². The van der Waals surface area contributed by atoms with E-state index >= 15 is 0 Å². The Kier molecular flexibility index (Phi) is 6.49. The Balaban J connectivity index is 2.09. The van der Waals surface area contributed by atoms with Crippen molar-refractivity contribution in [2.75, 3.05) is 25.1 Å². The number of likely N-dealkylation sites (N-methyl/N-ethyl adjacent to an activating group) is 1. The molecule has 1 atom stereocenters. The van der Waals surface area contributed by atoms with E-state index < -0.39 is 0 Å². The normalized spacial score (nSPS) is 16.2. The highest BCUT2D eigenvalue weighted by Gasteiger charge is 2.24. The highest BCUT2D eigenvalue weighted by molar-refractivity contribution is 7.99. The molecule has 0 heterocycles. The molecule has 1 aliphatic carbocycles. The third kappa shape index (κ3) is 6.86. The number of nitrogens with zero attached hydrogens (tertiary/aromatic N) is 1. The lowest BCUT2D eigenvalue weighted by Gasteiger charge is -2.16. The average molecular weight is 273 g/mol. The number of carbonyl (C=O) groups excluding carboxylic acids is 2. The van der Waals surface area contributed by atoms with E-state index in [0.29, 0.717) is 11.8 Å². The molecule has 5 nitrogen and oxygen atoms in total. The molecule has 3 N–H and O–H groups in total. The minimum absolute atomic E-state index is 0.00405. The lowest BCUT2D eigenvalue weighted by atomic mass is 10.3. The van der Waals surface area contributed by atoms with Crippen molar-refractivity contribution in [2.24, 2.45) is 5.73 Å². The van der Waals surface area contributed by atoms with Gasteiger partial charge in [0.25, 0.3) is 0 Å². The van der Waals surface area contributed by atoms with Gasteiger partial charge in [-0.05, 0) is 31.9 Å². The van der Waals surface area contributed by atoms with Crippen LogP contribution >= 0.6 is 11.8 Å². The van der Waals surface area contributed by atoms with Crippen molar-refractivity contribution in [2.45, 2.75) is 38.3 Å². The molecule has 0 spiro atoms. The lowest BCUT2D eigenvalue weighted by Crippen LogP contribution is -2.39. The Morgan fingerprint density at radius 1 is 1.50 bits per heavy atom. The standard InChI is InChI=1S/C12H23N3O2S/c1-9(13)5-6-18-8-12(17)15(2)7-11(16)14-10-3-4-10/h9-10H,3-8,13H2,1-2H3,(H,14,16). The highest BCUT2D eigenvalue weighted by atomic mass is 32.2. The number of carbonyl (C=O) groups is 2. The molecule has 1 saturated carbocycles. The second kappa shape index (κ2) is 7.63. The SMILES string of the molecule is CC(N)CCSCC(=O)N(C)CC(=O)NC1CC1. The van der Waals surface area contributed by atoms with E-state index in [4.69, 9.17) is 5.73 Å². The maximum atomic E-state index is 11.7. The van der Waals surface area contributed by atoms with Gasteiger partial charge in [0.15, 0.2) is 0 Å². The molecule has 18 heavy (non-hydrogen) atoms. The van der Waals surface area contributed by atoms with Crippen molar-refractivity contribution in [3.05, 3.63) is 0 Å². The number of nitrogens with one attached hydrogen (secondary N) is 1. The summed E-state index contributed by atoms with van der Waals surface area (Å²) in [6.45, 7) is 2.11. The molecule has 0 radical (unpaired) electrons. The van der Waals surface area contributed by atoms with Gasteiger partial charge in [-0.2, -0.15) is 11.8 Å². The molecule has 1 fully saturated rings. The van der Waals surface area contributed by atoms with Crippen molar-refractivity contribution in [3.8, 4) is 0 Å². The number of nitrogens with two attached hydrogens (primary N) is 1. The second-order valence-electron chi connectivity index (χ2n) is 4.91. The predicted octanol–water partition coefficient (Wildman–Crippen LogP) is 0.194. The Labute approximate surface area is 113 Å². The molecule has 1 aliphatic rings. The van der Waals surface area contributed by atoms with Crippen molar-refractivity contribution in [1.82, 2.24) is 10.2 Å². The minimum atomic E-state index is -0.0612. The van der Waals surface area contributed by atoms with Gasteiger partial charge in [-0.3, -0.25) is 9.59 Å². The van der Waals surface area contributed by atoms with Crippen LogP contribution in [0.2, 0.25) is 0 Å². The molecule has 1 rings (SSSR count). The molecule has 0 saturated heterocycles. The smallest absolute Gasteiger partial charge is 0.239 e. The summed E-state index contributed by atoms with van der Waals surface area (Å²) in [4.78, 5) is 24.7. The van der Waals surface area contributed by atoms with Crippen LogP contribution in [0.25, 0.3) is 0 Å². The largest absolute Gasteiger partial charge is 0.352 e. The minimum Gasteiger partial charge on any atom is -0.352 e. The fourth-order valence-electron chi connectivity index (χ4n) is 1.34. The summed E-state index contributed by atoms with van der Waals surface area (Å²) in [7, 11) is 1.67. The molecule has 6 heteroatoms. The Hall–Kier alpha value is -0.750. The van der Waals surface area contributed by atoms with E-state index in [1.54, 1.807) is 18.8 Å². The maximum Gasteiger partial charge on any atom is 0.239 e. The summed E-state index contributed by atoms with van der Waals surface area (Å²) in [6, 6.07) is 0.524. The van der Waals surface area contributed by atoms with Crippen molar-refractivity contribution in [1.29, 1.82) is 0 Å². The molecule has 104 valence electrons. The molecule has 2 amide bonds. The molecule has 0 aromatic rings. The number of amides is 2. The van der Waals surface area contributed by atoms with Crippen molar-refractivity contribution < 1.29 is 9.59 Å². The van der Waals surface area contributed by atoms with E-state index in [1.807, 2.05) is 6.92 Å². The van der Waals surface area contributed by atoms with E-state index in [9.17, 15) is 9.59 Å².